The van der Waals surface area contributed by atoms with E-state index in [0.717, 1.165) is 36.0 Å². The second-order valence-corrected chi connectivity index (χ2v) is 4.98. The number of halogens is 1. The quantitative estimate of drug-likeness (QED) is 0.588. The molecule has 0 fully saturated rings. The van der Waals surface area contributed by atoms with Gasteiger partial charge in [0, 0.05) is 29.7 Å². The number of benzene rings is 1. The highest BCUT2D eigenvalue weighted by Crippen LogP contribution is 2.29. The lowest BCUT2D eigenvalue weighted by Gasteiger charge is -2.10. The molecule has 16 heavy (non-hydrogen) atoms. The molecule has 1 aromatic rings. The Morgan fingerprint density at radius 1 is 1.38 bits per heavy atom. The Bertz CT molecular complexity index is 434. The molecule has 0 aromatic heterocycles. The summed E-state index contributed by atoms with van der Waals surface area (Å²) in [5, 5.41) is 10.8. The highest BCUT2D eigenvalue weighted by Gasteiger charge is 2.18. The minimum absolute atomic E-state index is 0.176. The van der Waals surface area contributed by atoms with Crippen molar-refractivity contribution in [2.45, 2.75) is 12.8 Å². The van der Waals surface area contributed by atoms with Gasteiger partial charge in [-0.3, -0.25) is 10.1 Å². The minimum Gasteiger partial charge on any atom is -0.306 e. The number of nitro groups is 1. The molecule has 5 heteroatoms. The van der Waals surface area contributed by atoms with Gasteiger partial charge in [-0.05, 0) is 31.0 Å². The van der Waals surface area contributed by atoms with Crippen LogP contribution in [0.3, 0.4) is 0 Å². The minimum atomic E-state index is -0.334. The lowest BCUT2D eigenvalue weighted by molar-refractivity contribution is -0.385. The number of fused-ring (bicyclic) bond motifs is 1. The first-order chi connectivity index (χ1) is 7.58. The molecule has 0 unspecified atom stereocenters. The van der Waals surface area contributed by atoms with E-state index in [2.05, 4.69) is 27.9 Å². The third-order valence-electron chi connectivity index (χ3n) is 2.99. The van der Waals surface area contributed by atoms with Gasteiger partial charge in [0.05, 0.1) is 4.92 Å². The summed E-state index contributed by atoms with van der Waals surface area (Å²) in [7, 11) is 2.08. The molecule has 0 aliphatic carbocycles. The van der Waals surface area contributed by atoms with Crippen molar-refractivity contribution in [3.8, 4) is 0 Å². The van der Waals surface area contributed by atoms with Crippen LogP contribution in [0.15, 0.2) is 16.6 Å². The Balaban J connectivity index is 2.43. The van der Waals surface area contributed by atoms with E-state index in [1.165, 1.54) is 5.56 Å². The molecule has 86 valence electrons. The van der Waals surface area contributed by atoms with E-state index in [-0.39, 0.29) is 10.6 Å². The lowest BCUT2D eigenvalue weighted by atomic mass is 10.0. The number of rotatable bonds is 1. The predicted octanol–water partition coefficient (Wildman–Crippen LogP) is 2.39. The maximum Gasteiger partial charge on any atom is 0.270 e. The van der Waals surface area contributed by atoms with Gasteiger partial charge < -0.3 is 4.90 Å². The van der Waals surface area contributed by atoms with Gasteiger partial charge >= 0.3 is 0 Å². The van der Waals surface area contributed by atoms with Gasteiger partial charge in [-0.1, -0.05) is 15.9 Å². The van der Waals surface area contributed by atoms with Crippen molar-refractivity contribution in [1.29, 1.82) is 0 Å². The number of nitro benzene ring substituents is 1. The summed E-state index contributed by atoms with van der Waals surface area (Å²) in [6.07, 6.45) is 1.83. The molecule has 0 spiro atoms. The first kappa shape index (κ1) is 11.5. The molecule has 1 aliphatic rings. The Kier molecular flexibility index (Phi) is 3.25. The van der Waals surface area contributed by atoms with Crippen molar-refractivity contribution in [3.63, 3.8) is 0 Å². The highest BCUT2D eigenvalue weighted by atomic mass is 79.9. The molecule has 0 saturated carbocycles. The van der Waals surface area contributed by atoms with Gasteiger partial charge in [-0.15, -0.1) is 0 Å². The molecule has 1 aliphatic heterocycles. The van der Waals surface area contributed by atoms with Gasteiger partial charge in [0.15, 0.2) is 0 Å². The first-order valence-corrected chi connectivity index (χ1v) is 6.01. The van der Waals surface area contributed by atoms with Crippen LogP contribution in [-0.4, -0.2) is 30.0 Å². The van der Waals surface area contributed by atoms with Crippen LogP contribution in [-0.2, 0) is 12.8 Å². The molecule has 1 heterocycles. The summed E-state index contributed by atoms with van der Waals surface area (Å²) in [5.74, 6) is 0. The predicted molar refractivity (Wildman–Crippen MR) is 65.7 cm³/mol. The lowest BCUT2D eigenvalue weighted by Crippen LogP contribution is -2.20. The fraction of sp³-hybridized carbons (Fsp3) is 0.455. The van der Waals surface area contributed by atoms with E-state index in [1.54, 1.807) is 12.1 Å². The SMILES string of the molecule is CN1CCc2cc([N+](=O)[O-])cc(Br)c2CC1. The Hall–Kier alpha value is -0.940. The zero-order chi connectivity index (χ0) is 11.7. The van der Waals surface area contributed by atoms with Gasteiger partial charge in [0.25, 0.3) is 5.69 Å². The molecule has 0 radical (unpaired) electrons. The van der Waals surface area contributed by atoms with Gasteiger partial charge in [0.1, 0.15) is 0 Å². The Labute approximate surface area is 103 Å². The van der Waals surface area contributed by atoms with E-state index in [0.29, 0.717) is 0 Å². The number of nitrogens with zero attached hydrogens (tertiary/aromatic N) is 2. The summed E-state index contributed by atoms with van der Waals surface area (Å²) in [6.45, 7) is 1.96. The molecule has 0 saturated heterocycles. The summed E-state index contributed by atoms with van der Waals surface area (Å²) < 4.78 is 0.868. The molecule has 1 aromatic carbocycles. The number of hydrogen-bond donors (Lipinski definition) is 0. The van der Waals surface area contributed by atoms with Crippen molar-refractivity contribution >= 4 is 21.6 Å². The molecule has 0 N–H and O–H groups in total. The molecule has 0 amide bonds. The van der Waals surface area contributed by atoms with E-state index in [4.69, 9.17) is 0 Å². The van der Waals surface area contributed by atoms with Crippen molar-refractivity contribution in [3.05, 3.63) is 37.8 Å². The fourth-order valence-corrected chi connectivity index (χ4v) is 2.70. The third kappa shape index (κ3) is 2.25. The largest absolute Gasteiger partial charge is 0.306 e. The van der Waals surface area contributed by atoms with Crippen LogP contribution in [0.4, 0.5) is 5.69 Å². The van der Waals surface area contributed by atoms with Crippen LogP contribution in [0.25, 0.3) is 0 Å². The van der Waals surface area contributed by atoms with Crippen LogP contribution in [0.5, 0.6) is 0 Å². The molecule has 4 nitrogen and oxygen atoms in total. The van der Waals surface area contributed by atoms with Crippen molar-refractivity contribution in [2.24, 2.45) is 0 Å². The number of hydrogen-bond acceptors (Lipinski definition) is 3. The summed E-state index contributed by atoms with van der Waals surface area (Å²) in [5.41, 5.74) is 2.50. The number of likely N-dealkylation sites (N-methyl/N-ethyl adjacent to an activating group) is 1. The van der Waals surface area contributed by atoms with Crippen molar-refractivity contribution in [2.75, 3.05) is 20.1 Å². The van der Waals surface area contributed by atoms with E-state index >= 15 is 0 Å². The number of non-ortho nitro benzene ring substituents is 1. The molecular formula is C11H13BrN2O2. The maximum absolute atomic E-state index is 10.8. The molecule has 0 bridgehead atoms. The monoisotopic (exact) mass is 284 g/mol. The second-order valence-electron chi connectivity index (χ2n) is 4.13. The fourth-order valence-electron chi connectivity index (χ4n) is 2.01. The Morgan fingerprint density at radius 3 is 2.75 bits per heavy atom. The zero-order valence-corrected chi connectivity index (χ0v) is 10.7. The Morgan fingerprint density at radius 2 is 2.06 bits per heavy atom. The summed E-state index contributed by atoms with van der Waals surface area (Å²) in [4.78, 5) is 12.7. The van der Waals surface area contributed by atoms with Crippen LogP contribution in [0.2, 0.25) is 0 Å². The zero-order valence-electron chi connectivity index (χ0n) is 9.07. The van der Waals surface area contributed by atoms with Crippen LogP contribution in [0.1, 0.15) is 11.1 Å². The van der Waals surface area contributed by atoms with Gasteiger partial charge in [-0.2, -0.15) is 0 Å². The van der Waals surface area contributed by atoms with Crippen LogP contribution < -0.4 is 0 Å². The van der Waals surface area contributed by atoms with Gasteiger partial charge in [0.2, 0.25) is 0 Å². The molecular weight excluding hydrogens is 272 g/mol. The molecule has 0 atom stereocenters. The standard InChI is InChI=1S/C11H13BrN2O2/c1-13-4-2-8-6-9(14(15)16)7-11(12)10(8)3-5-13/h6-7H,2-5H2,1H3. The maximum atomic E-state index is 10.8. The van der Waals surface area contributed by atoms with Crippen LogP contribution >= 0.6 is 15.9 Å². The van der Waals surface area contributed by atoms with E-state index < -0.39 is 0 Å². The average Bonchev–Trinajstić information content (AvgIpc) is 2.41. The van der Waals surface area contributed by atoms with E-state index in [1.807, 2.05) is 0 Å². The van der Waals surface area contributed by atoms with Gasteiger partial charge in [-0.25, -0.2) is 0 Å². The smallest absolute Gasteiger partial charge is 0.270 e. The third-order valence-corrected chi connectivity index (χ3v) is 3.70. The summed E-state index contributed by atoms with van der Waals surface area (Å²) in [6, 6.07) is 3.31. The van der Waals surface area contributed by atoms with Crippen molar-refractivity contribution in [1.82, 2.24) is 4.90 Å². The summed E-state index contributed by atoms with van der Waals surface area (Å²) >= 11 is 3.43. The van der Waals surface area contributed by atoms with E-state index in [9.17, 15) is 10.1 Å². The second kappa shape index (κ2) is 4.51. The van der Waals surface area contributed by atoms with Crippen molar-refractivity contribution < 1.29 is 4.92 Å². The van der Waals surface area contributed by atoms with Crippen LogP contribution in [0, 0.1) is 10.1 Å². The molecule has 2 rings (SSSR count). The normalized spacial score (nSPS) is 16.6. The highest BCUT2D eigenvalue weighted by molar-refractivity contribution is 9.10. The average molecular weight is 285 g/mol. The first-order valence-electron chi connectivity index (χ1n) is 5.22. The topological polar surface area (TPSA) is 46.4 Å².